The van der Waals surface area contributed by atoms with Crippen molar-refractivity contribution in [3.05, 3.63) is 12.7 Å². The number of aliphatic hydroxyl groups is 1. The van der Waals surface area contributed by atoms with Crippen LogP contribution in [0.15, 0.2) is 12.7 Å². The normalized spacial score (nSPS) is 10.6. The molecule has 0 radical (unpaired) electrons. The smallest absolute Gasteiger partial charge is 0.335 e. The third kappa shape index (κ3) is 2.82. The minimum atomic E-state index is -4.15. The summed E-state index contributed by atoms with van der Waals surface area (Å²) in [5.41, 5.74) is 4.67. The summed E-state index contributed by atoms with van der Waals surface area (Å²) in [4.78, 5) is 21.5. The van der Waals surface area contributed by atoms with Gasteiger partial charge in [-0.1, -0.05) is 6.08 Å². The lowest BCUT2D eigenvalue weighted by molar-refractivity contribution is -0.127. The van der Waals surface area contributed by atoms with E-state index in [-0.39, 0.29) is 4.31 Å². The maximum atomic E-state index is 11.2. The molecule has 0 rings (SSSR count). The molecular formula is C6H10N2O5S. The van der Waals surface area contributed by atoms with Gasteiger partial charge in [0.05, 0.1) is 5.75 Å². The van der Waals surface area contributed by atoms with Gasteiger partial charge in [-0.3, -0.25) is 4.79 Å². The van der Waals surface area contributed by atoms with Gasteiger partial charge in [0.15, 0.2) is 0 Å². The van der Waals surface area contributed by atoms with E-state index in [1.807, 2.05) is 0 Å². The SMILES string of the molecule is C=CCS(=O)(=O)N(C(N)=O)C(=O)CO. The number of carbonyl (C=O) groups excluding carboxylic acids is 2. The van der Waals surface area contributed by atoms with Crippen molar-refractivity contribution in [2.24, 2.45) is 5.73 Å². The van der Waals surface area contributed by atoms with Crippen LogP contribution in [0.3, 0.4) is 0 Å². The fourth-order valence-electron chi connectivity index (χ4n) is 0.703. The number of urea groups is 1. The molecule has 0 atom stereocenters. The molecule has 8 heteroatoms. The highest BCUT2D eigenvalue weighted by molar-refractivity contribution is 7.90. The molecule has 0 unspecified atom stereocenters. The number of sulfonamides is 1. The molecule has 0 saturated heterocycles. The number of amides is 3. The van der Waals surface area contributed by atoms with E-state index in [9.17, 15) is 18.0 Å². The monoisotopic (exact) mass is 222 g/mol. The first-order chi connectivity index (χ1) is 6.36. The van der Waals surface area contributed by atoms with Crippen molar-refractivity contribution in [3.8, 4) is 0 Å². The lowest BCUT2D eigenvalue weighted by Gasteiger charge is -2.15. The average molecular weight is 222 g/mol. The van der Waals surface area contributed by atoms with Gasteiger partial charge >= 0.3 is 6.03 Å². The Labute approximate surface area is 80.9 Å². The summed E-state index contributed by atoms with van der Waals surface area (Å²) in [6.07, 6.45) is 0.996. The Morgan fingerprint density at radius 2 is 2.00 bits per heavy atom. The Balaban J connectivity index is 5.12. The van der Waals surface area contributed by atoms with Gasteiger partial charge in [-0.15, -0.1) is 6.58 Å². The summed E-state index contributed by atoms with van der Waals surface area (Å²) in [7, 11) is -4.15. The van der Waals surface area contributed by atoms with E-state index < -0.39 is 34.3 Å². The van der Waals surface area contributed by atoms with Gasteiger partial charge in [-0.25, -0.2) is 13.2 Å². The van der Waals surface area contributed by atoms with Crippen LogP contribution in [-0.4, -0.2) is 42.1 Å². The lowest BCUT2D eigenvalue weighted by atomic mass is 10.6. The molecule has 3 amide bonds. The molecule has 0 saturated carbocycles. The van der Waals surface area contributed by atoms with Crippen LogP contribution < -0.4 is 5.73 Å². The zero-order valence-corrected chi connectivity index (χ0v) is 8.03. The summed E-state index contributed by atoms with van der Waals surface area (Å²) < 4.78 is 22.2. The molecular weight excluding hydrogens is 212 g/mol. The van der Waals surface area contributed by atoms with Crippen LogP contribution in [0.25, 0.3) is 0 Å². The van der Waals surface area contributed by atoms with Crippen molar-refractivity contribution >= 4 is 22.0 Å². The Bertz CT molecular complexity index is 347. The second-order valence-electron chi connectivity index (χ2n) is 2.22. The number of nitrogens with zero attached hydrogens (tertiary/aromatic N) is 1. The zero-order chi connectivity index (χ0) is 11.4. The molecule has 0 bridgehead atoms. The number of hydrogen-bond donors (Lipinski definition) is 2. The molecule has 80 valence electrons. The number of imide groups is 1. The minimum Gasteiger partial charge on any atom is -0.386 e. The molecule has 0 aromatic heterocycles. The van der Waals surface area contributed by atoms with Crippen molar-refractivity contribution in [1.29, 1.82) is 0 Å². The molecule has 0 aliphatic carbocycles. The predicted octanol–water partition coefficient (Wildman–Crippen LogP) is -1.60. The average Bonchev–Trinajstić information content (AvgIpc) is 2.02. The minimum absolute atomic E-state index is 0.186. The van der Waals surface area contributed by atoms with Gasteiger partial charge in [0, 0.05) is 0 Å². The van der Waals surface area contributed by atoms with E-state index in [4.69, 9.17) is 5.11 Å². The summed E-state index contributed by atoms with van der Waals surface area (Å²) in [5, 5.41) is 8.40. The predicted molar refractivity (Wildman–Crippen MR) is 47.5 cm³/mol. The lowest BCUT2D eigenvalue weighted by Crippen LogP contribution is -2.46. The number of nitrogens with two attached hydrogens (primary N) is 1. The second kappa shape index (κ2) is 4.72. The summed E-state index contributed by atoms with van der Waals surface area (Å²) in [5.74, 6) is -1.90. The van der Waals surface area contributed by atoms with E-state index in [0.717, 1.165) is 6.08 Å². The molecule has 0 aromatic carbocycles. The molecule has 0 aliphatic rings. The maximum Gasteiger partial charge on any atom is 0.335 e. The van der Waals surface area contributed by atoms with Crippen molar-refractivity contribution < 1.29 is 23.1 Å². The Kier molecular flexibility index (Phi) is 4.25. The molecule has 0 spiro atoms. The van der Waals surface area contributed by atoms with Crippen LogP contribution in [-0.2, 0) is 14.8 Å². The summed E-state index contributed by atoms with van der Waals surface area (Å²) in [6, 6.07) is -1.45. The van der Waals surface area contributed by atoms with E-state index >= 15 is 0 Å². The van der Waals surface area contributed by atoms with Crippen molar-refractivity contribution in [1.82, 2.24) is 4.31 Å². The van der Waals surface area contributed by atoms with Gasteiger partial charge in [-0.2, -0.15) is 4.31 Å². The van der Waals surface area contributed by atoms with E-state index in [2.05, 4.69) is 12.3 Å². The first kappa shape index (κ1) is 12.6. The topological polar surface area (TPSA) is 118 Å². The summed E-state index contributed by atoms with van der Waals surface area (Å²) in [6.45, 7) is 2.03. The molecule has 14 heavy (non-hydrogen) atoms. The fraction of sp³-hybridized carbons (Fsp3) is 0.333. The Morgan fingerprint density at radius 3 is 2.29 bits per heavy atom. The van der Waals surface area contributed by atoms with Crippen LogP contribution in [0, 0.1) is 0 Å². The van der Waals surface area contributed by atoms with Crippen molar-refractivity contribution in [2.75, 3.05) is 12.4 Å². The number of carbonyl (C=O) groups is 2. The van der Waals surface area contributed by atoms with Gasteiger partial charge in [0.25, 0.3) is 5.91 Å². The highest BCUT2D eigenvalue weighted by atomic mass is 32.2. The Hall–Kier alpha value is -1.41. The highest BCUT2D eigenvalue weighted by Crippen LogP contribution is 2.02. The van der Waals surface area contributed by atoms with Gasteiger partial charge < -0.3 is 10.8 Å². The number of aliphatic hydroxyl groups excluding tert-OH is 1. The van der Waals surface area contributed by atoms with Crippen molar-refractivity contribution in [3.63, 3.8) is 0 Å². The highest BCUT2D eigenvalue weighted by Gasteiger charge is 2.30. The van der Waals surface area contributed by atoms with E-state index in [0.29, 0.717) is 0 Å². The zero-order valence-electron chi connectivity index (χ0n) is 7.21. The van der Waals surface area contributed by atoms with Gasteiger partial charge in [0.1, 0.15) is 6.61 Å². The van der Waals surface area contributed by atoms with Crippen molar-refractivity contribution in [2.45, 2.75) is 0 Å². The number of hydrogen-bond acceptors (Lipinski definition) is 5. The fourth-order valence-corrected chi connectivity index (χ4v) is 1.79. The largest absolute Gasteiger partial charge is 0.386 e. The van der Waals surface area contributed by atoms with Crippen LogP contribution in [0.4, 0.5) is 4.79 Å². The molecule has 7 nitrogen and oxygen atoms in total. The third-order valence-electron chi connectivity index (χ3n) is 1.17. The van der Waals surface area contributed by atoms with Gasteiger partial charge in [-0.05, 0) is 0 Å². The van der Waals surface area contributed by atoms with Crippen LogP contribution in [0.2, 0.25) is 0 Å². The van der Waals surface area contributed by atoms with Gasteiger partial charge in [0.2, 0.25) is 10.0 Å². The van der Waals surface area contributed by atoms with E-state index in [1.54, 1.807) is 0 Å². The number of rotatable bonds is 4. The Morgan fingerprint density at radius 1 is 1.50 bits per heavy atom. The van der Waals surface area contributed by atoms with Crippen LogP contribution in [0.5, 0.6) is 0 Å². The first-order valence-corrected chi connectivity index (χ1v) is 5.04. The quantitative estimate of drug-likeness (QED) is 0.555. The molecule has 0 heterocycles. The molecule has 3 N–H and O–H groups in total. The number of primary amides is 1. The maximum absolute atomic E-state index is 11.2. The summed E-state index contributed by atoms with van der Waals surface area (Å²) >= 11 is 0. The van der Waals surface area contributed by atoms with Crippen LogP contribution in [0.1, 0.15) is 0 Å². The first-order valence-electron chi connectivity index (χ1n) is 3.43. The van der Waals surface area contributed by atoms with Crippen LogP contribution >= 0.6 is 0 Å². The van der Waals surface area contributed by atoms with E-state index in [1.165, 1.54) is 0 Å². The molecule has 0 aromatic rings. The second-order valence-corrected chi connectivity index (χ2v) is 4.08. The molecule has 0 fully saturated rings. The molecule has 0 aliphatic heterocycles. The third-order valence-corrected chi connectivity index (χ3v) is 2.77. The standard InChI is InChI=1S/C6H10N2O5S/c1-2-3-14(12,13)8(6(7)11)5(10)4-9/h2,9H,1,3-4H2,(H2,7,11).